The van der Waals surface area contributed by atoms with Crippen molar-refractivity contribution in [2.45, 2.75) is 25.4 Å². The highest BCUT2D eigenvalue weighted by atomic mass is 16.3. The lowest BCUT2D eigenvalue weighted by molar-refractivity contribution is 0.0399. The van der Waals surface area contributed by atoms with E-state index >= 15 is 0 Å². The Hall–Kier alpha value is -0.900. The van der Waals surface area contributed by atoms with E-state index in [-0.39, 0.29) is 0 Å². The number of β-amino-alcohol motifs (C(OH)–C–C–N with tert-alkyl or cyclic N) is 1. The molecule has 16 heavy (non-hydrogen) atoms. The Labute approximate surface area is 97.1 Å². The summed E-state index contributed by atoms with van der Waals surface area (Å²) in [5, 5.41) is 12.8. The standard InChI is InChI=1S/C13H20N2O/c1-3-11-6-4-5-7-12(11)13(16)8-9-15(10-13)14-2/h4-7,14,16H,3,8-10H2,1-2H3. The molecule has 2 rings (SSSR count). The van der Waals surface area contributed by atoms with Crippen molar-refractivity contribution < 1.29 is 5.11 Å². The fraction of sp³-hybridized carbons (Fsp3) is 0.538. The van der Waals surface area contributed by atoms with Gasteiger partial charge in [-0.05, 0) is 31.0 Å². The molecule has 88 valence electrons. The SMILES string of the molecule is CCc1ccccc1C1(O)CCN(NC)C1. The summed E-state index contributed by atoms with van der Waals surface area (Å²) in [5.41, 5.74) is 4.76. The van der Waals surface area contributed by atoms with Crippen LogP contribution < -0.4 is 5.43 Å². The predicted molar refractivity (Wildman–Crippen MR) is 65.0 cm³/mol. The van der Waals surface area contributed by atoms with E-state index in [0.29, 0.717) is 6.54 Å². The number of benzene rings is 1. The van der Waals surface area contributed by atoms with Gasteiger partial charge >= 0.3 is 0 Å². The number of hydrogen-bond acceptors (Lipinski definition) is 3. The van der Waals surface area contributed by atoms with E-state index < -0.39 is 5.60 Å². The van der Waals surface area contributed by atoms with E-state index in [0.717, 1.165) is 24.9 Å². The maximum Gasteiger partial charge on any atom is 0.105 e. The molecule has 2 N–H and O–H groups in total. The van der Waals surface area contributed by atoms with Crippen LogP contribution in [0, 0.1) is 0 Å². The predicted octanol–water partition coefficient (Wildman–Crippen LogP) is 1.28. The first kappa shape index (κ1) is 11.6. The summed E-state index contributed by atoms with van der Waals surface area (Å²) in [6.45, 7) is 3.69. The Morgan fingerprint density at radius 2 is 2.19 bits per heavy atom. The fourth-order valence-electron chi connectivity index (χ4n) is 2.49. The van der Waals surface area contributed by atoms with E-state index in [1.165, 1.54) is 5.56 Å². The monoisotopic (exact) mass is 220 g/mol. The number of aryl methyl sites for hydroxylation is 1. The van der Waals surface area contributed by atoms with Crippen LogP contribution in [0.25, 0.3) is 0 Å². The maximum absolute atomic E-state index is 10.7. The maximum atomic E-state index is 10.7. The highest BCUT2D eigenvalue weighted by molar-refractivity contribution is 5.33. The summed E-state index contributed by atoms with van der Waals surface area (Å²) in [4.78, 5) is 0. The highest BCUT2D eigenvalue weighted by Gasteiger charge is 2.38. The third-order valence-electron chi connectivity index (χ3n) is 3.46. The van der Waals surface area contributed by atoms with Gasteiger partial charge in [0.2, 0.25) is 0 Å². The van der Waals surface area contributed by atoms with Gasteiger partial charge in [-0.1, -0.05) is 31.2 Å². The molecular formula is C13H20N2O. The minimum Gasteiger partial charge on any atom is -0.384 e. The highest BCUT2D eigenvalue weighted by Crippen LogP contribution is 2.33. The summed E-state index contributed by atoms with van der Waals surface area (Å²) in [6.07, 6.45) is 1.77. The molecule has 0 spiro atoms. The van der Waals surface area contributed by atoms with Gasteiger partial charge in [0.1, 0.15) is 5.60 Å². The summed E-state index contributed by atoms with van der Waals surface area (Å²) in [6, 6.07) is 8.21. The Kier molecular flexibility index (Phi) is 3.28. The van der Waals surface area contributed by atoms with Crippen LogP contribution in [-0.4, -0.2) is 30.3 Å². The van der Waals surface area contributed by atoms with Gasteiger partial charge in [0.25, 0.3) is 0 Å². The second-order valence-corrected chi connectivity index (χ2v) is 4.44. The number of nitrogens with one attached hydrogen (secondary N) is 1. The van der Waals surface area contributed by atoms with Crippen molar-refractivity contribution in [1.82, 2.24) is 10.4 Å². The molecule has 1 heterocycles. The molecule has 1 aliphatic heterocycles. The summed E-state index contributed by atoms with van der Waals surface area (Å²) in [5.74, 6) is 0. The molecule has 1 aliphatic rings. The van der Waals surface area contributed by atoms with Gasteiger partial charge in [-0.3, -0.25) is 5.43 Å². The van der Waals surface area contributed by atoms with E-state index in [2.05, 4.69) is 29.5 Å². The molecule has 3 nitrogen and oxygen atoms in total. The lowest BCUT2D eigenvalue weighted by atomic mass is 9.88. The van der Waals surface area contributed by atoms with Crippen LogP contribution >= 0.6 is 0 Å². The minimum atomic E-state index is -0.685. The van der Waals surface area contributed by atoms with E-state index in [9.17, 15) is 5.11 Å². The zero-order valence-electron chi connectivity index (χ0n) is 10.0. The quantitative estimate of drug-likeness (QED) is 0.805. The van der Waals surface area contributed by atoms with Crippen molar-refractivity contribution in [3.05, 3.63) is 35.4 Å². The van der Waals surface area contributed by atoms with Gasteiger partial charge in [-0.15, -0.1) is 0 Å². The first-order valence-electron chi connectivity index (χ1n) is 5.92. The minimum absolute atomic E-state index is 0.667. The van der Waals surface area contributed by atoms with Crippen molar-refractivity contribution in [3.8, 4) is 0 Å². The molecule has 1 saturated heterocycles. The molecule has 1 fully saturated rings. The molecule has 0 aromatic heterocycles. The number of hydrazine groups is 1. The number of aliphatic hydroxyl groups is 1. The molecule has 1 aromatic carbocycles. The van der Waals surface area contributed by atoms with Crippen molar-refractivity contribution in [3.63, 3.8) is 0 Å². The molecule has 1 atom stereocenters. The molecule has 0 amide bonds. The van der Waals surface area contributed by atoms with Gasteiger partial charge in [0.05, 0.1) is 0 Å². The van der Waals surface area contributed by atoms with E-state index in [1.54, 1.807) is 0 Å². The topological polar surface area (TPSA) is 35.5 Å². The van der Waals surface area contributed by atoms with Crippen LogP contribution in [0.4, 0.5) is 0 Å². The van der Waals surface area contributed by atoms with Crippen LogP contribution in [0.1, 0.15) is 24.5 Å². The summed E-state index contributed by atoms with van der Waals surface area (Å²) < 4.78 is 0. The molecular weight excluding hydrogens is 200 g/mol. The number of nitrogens with zero attached hydrogens (tertiary/aromatic N) is 1. The Bertz CT molecular complexity index is 367. The molecule has 1 unspecified atom stereocenters. The second-order valence-electron chi connectivity index (χ2n) is 4.44. The smallest absolute Gasteiger partial charge is 0.105 e. The van der Waals surface area contributed by atoms with Gasteiger partial charge in [0, 0.05) is 13.1 Å². The lowest BCUT2D eigenvalue weighted by Crippen LogP contribution is -2.37. The van der Waals surface area contributed by atoms with Crippen molar-refractivity contribution >= 4 is 0 Å². The molecule has 0 aliphatic carbocycles. The van der Waals surface area contributed by atoms with Crippen molar-refractivity contribution in [2.75, 3.05) is 20.1 Å². The van der Waals surface area contributed by atoms with E-state index in [1.807, 2.05) is 19.2 Å². The average Bonchev–Trinajstić information content (AvgIpc) is 2.72. The van der Waals surface area contributed by atoms with Crippen LogP contribution in [-0.2, 0) is 12.0 Å². The van der Waals surface area contributed by atoms with Crippen LogP contribution in [0.15, 0.2) is 24.3 Å². The number of hydrogen-bond donors (Lipinski definition) is 2. The number of rotatable bonds is 3. The molecule has 0 saturated carbocycles. The lowest BCUT2D eigenvalue weighted by Gasteiger charge is -2.26. The van der Waals surface area contributed by atoms with Gasteiger partial charge in [0.15, 0.2) is 0 Å². The van der Waals surface area contributed by atoms with Crippen LogP contribution in [0.5, 0.6) is 0 Å². The van der Waals surface area contributed by atoms with Crippen molar-refractivity contribution in [1.29, 1.82) is 0 Å². The third-order valence-corrected chi connectivity index (χ3v) is 3.46. The first-order valence-corrected chi connectivity index (χ1v) is 5.92. The van der Waals surface area contributed by atoms with Gasteiger partial charge in [-0.25, -0.2) is 5.01 Å². The molecule has 1 aromatic rings. The first-order chi connectivity index (χ1) is 7.69. The Balaban J connectivity index is 2.29. The van der Waals surface area contributed by atoms with Crippen LogP contribution in [0.2, 0.25) is 0 Å². The average molecular weight is 220 g/mol. The normalized spacial score (nSPS) is 26.2. The van der Waals surface area contributed by atoms with Gasteiger partial charge < -0.3 is 5.11 Å². The zero-order valence-corrected chi connectivity index (χ0v) is 10.0. The van der Waals surface area contributed by atoms with E-state index in [4.69, 9.17) is 0 Å². The van der Waals surface area contributed by atoms with Crippen LogP contribution in [0.3, 0.4) is 0 Å². The third kappa shape index (κ3) is 1.98. The summed E-state index contributed by atoms with van der Waals surface area (Å²) >= 11 is 0. The summed E-state index contributed by atoms with van der Waals surface area (Å²) in [7, 11) is 1.90. The fourth-order valence-corrected chi connectivity index (χ4v) is 2.49. The van der Waals surface area contributed by atoms with Crippen molar-refractivity contribution in [2.24, 2.45) is 0 Å². The Morgan fingerprint density at radius 3 is 2.81 bits per heavy atom. The molecule has 3 heteroatoms. The largest absolute Gasteiger partial charge is 0.384 e. The van der Waals surface area contributed by atoms with Gasteiger partial charge in [-0.2, -0.15) is 0 Å². The molecule has 0 bridgehead atoms. The molecule has 0 radical (unpaired) electrons. The zero-order chi connectivity index (χ0) is 11.6. The Morgan fingerprint density at radius 1 is 1.44 bits per heavy atom. The second kappa shape index (κ2) is 4.53.